The van der Waals surface area contributed by atoms with E-state index >= 15 is 0 Å². The summed E-state index contributed by atoms with van der Waals surface area (Å²) in [6, 6.07) is 4.55. The first-order valence-corrected chi connectivity index (χ1v) is 7.59. The van der Waals surface area contributed by atoms with E-state index in [1.807, 2.05) is 26.8 Å². The van der Waals surface area contributed by atoms with Crippen molar-refractivity contribution in [3.63, 3.8) is 0 Å². The predicted molar refractivity (Wildman–Crippen MR) is 88.5 cm³/mol. The zero-order chi connectivity index (χ0) is 17.6. The summed E-state index contributed by atoms with van der Waals surface area (Å²) in [4.78, 5) is 23.7. The maximum atomic E-state index is 12.5. The van der Waals surface area contributed by atoms with Gasteiger partial charge in [0.1, 0.15) is 17.5 Å². The average Bonchev–Trinajstić information content (AvgIpc) is 2.51. The molecule has 2 N–H and O–H groups in total. The Morgan fingerprint density at radius 2 is 1.70 bits per heavy atom. The van der Waals surface area contributed by atoms with Crippen LogP contribution in [0.2, 0.25) is 0 Å². The van der Waals surface area contributed by atoms with Crippen LogP contribution in [-0.4, -0.2) is 32.1 Å². The number of carbonyl (C=O) groups is 2. The molecule has 0 spiro atoms. The summed E-state index contributed by atoms with van der Waals surface area (Å²) >= 11 is 0. The number of methoxy groups -OCH3 is 2. The van der Waals surface area contributed by atoms with Gasteiger partial charge in [0.25, 0.3) is 0 Å². The molecule has 0 heterocycles. The van der Waals surface area contributed by atoms with E-state index in [4.69, 9.17) is 9.47 Å². The number of carbonyl (C=O) groups excluding carboxylic acids is 2. The lowest BCUT2D eigenvalue weighted by Gasteiger charge is -2.24. The number of ether oxygens (including phenoxy) is 2. The number of rotatable bonds is 7. The lowest BCUT2D eigenvalue weighted by Crippen LogP contribution is -2.49. The summed E-state index contributed by atoms with van der Waals surface area (Å²) in [5.74, 6) is 0.875. The highest BCUT2D eigenvalue weighted by Gasteiger charge is 2.25. The van der Waals surface area contributed by atoms with Crippen LogP contribution in [0.1, 0.15) is 39.3 Å². The van der Waals surface area contributed by atoms with Gasteiger partial charge in [-0.05, 0) is 31.0 Å². The van der Waals surface area contributed by atoms with Gasteiger partial charge < -0.3 is 20.1 Å². The van der Waals surface area contributed by atoms with E-state index in [1.165, 1.54) is 6.92 Å². The Labute approximate surface area is 137 Å². The normalized spacial score (nSPS) is 13.2. The van der Waals surface area contributed by atoms with Crippen LogP contribution in [0.15, 0.2) is 18.2 Å². The van der Waals surface area contributed by atoms with Gasteiger partial charge in [0.05, 0.1) is 20.3 Å². The molecule has 0 aliphatic heterocycles. The second-order valence-electron chi connectivity index (χ2n) is 5.76. The fourth-order valence-corrected chi connectivity index (χ4v) is 2.31. The van der Waals surface area contributed by atoms with Crippen LogP contribution >= 0.6 is 0 Å². The van der Waals surface area contributed by atoms with Gasteiger partial charge in [-0.25, -0.2) is 0 Å². The molecule has 0 bridgehead atoms. The molecule has 1 aromatic rings. The molecule has 0 aliphatic rings. The van der Waals surface area contributed by atoms with E-state index in [0.29, 0.717) is 11.5 Å². The molecule has 2 unspecified atom stereocenters. The molecule has 0 aliphatic carbocycles. The number of amides is 2. The lowest BCUT2D eigenvalue weighted by molar-refractivity contribution is -0.129. The van der Waals surface area contributed by atoms with Gasteiger partial charge in [-0.15, -0.1) is 0 Å². The van der Waals surface area contributed by atoms with E-state index in [9.17, 15) is 9.59 Å². The van der Waals surface area contributed by atoms with Gasteiger partial charge >= 0.3 is 0 Å². The van der Waals surface area contributed by atoms with E-state index < -0.39 is 6.04 Å². The van der Waals surface area contributed by atoms with Crippen LogP contribution in [-0.2, 0) is 9.59 Å². The van der Waals surface area contributed by atoms with E-state index in [1.54, 1.807) is 26.4 Å². The van der Waals surface area contributed by atoms with E-state index in [2.05, 4.69) is 10.6 Å². The first-order chi connectivity index (χ1) is 10.8. The van der Waals surface area contributed by atoms with Crippen LogP contribution in [0.5, 0.6) is 11.5 Å². The van der Waals surface area contributed by atoms with Crippen LogP contribution < -0.4 is 20.1 Å². The molecular weight excluding hydrogens is 296 g/mol. The minimum atomic E-state index is -0.577. The number of benzene rings is 1. The smallest absolute Gasteiger partial charge is 0.243 e. The summed E-state index contributed by atoms with van der Waals surface area (Å²) in [6.45, 7) is 7.03. The van der Waals surface area contributed by atoms with Crippen LogP contribution in [0.4, 0.5) is 0 Å². The first-order valence-electron chi connectivity index (χ1n) is 7.59. The molecule has 0 saturated heterocycles. The minimum Gasteiger partial charge on any atom is -0.497 e. The van der Waals surface area contributed by atoms with E-state index in [-0.39, 0.29) is 23.8 Å². The third kappa shape index (κ3) is 5.16. The maximum absolute atomic E-state index is 12.5. The van der Waals surface area contributed by atoms with Crippen molar-refractivity contribution in [2.24, 2.45) is 5.92 Å². The van der Waals surface area contributed by atoms with Crippen LogP contribution in [0.3, 0.4) is 0 Å². The predicted octanol–water partition coefficient (Wildman–Crippen LogP) is 2.04. The Kier molecular flexibility index (Phi) is 6.88. The zero-order valence-electron chi connectivity index (χ0n) is 14.6. The van der Waals surface area contributed by atoms with Crippen molar-refractivity contribution in [3.8, 4) is 11.5 Å². The van der Waals surface area contributed by atoms with Gasteiger partial charge in [-0.2, -0.15) is 0 Å². The van der Waals surface area contributed by atoms with Crippen molar-refractivity contribution >= 4 is 11.8 Å². The highest BCUT2D eigenvalue weighted by Crippen LogP contribution is 2.29. The van der Waals surface area contributed by atoms with Crippen molar-refractivity contribution in [2.45, 2.75) is 39.8 Å². The number of nitrogens with one attached hydrogen (secondary N) is 2. The average molecular weight is 322 g/mol. The molecule has 0 fully saturated rings. The first kappa shape index (κ1) is 18.8. The van der Waals surface area contributed by atoms with Crippen molar-refractivity contribution in [3.05, 3.63) is 23.8 Å². The Bertz CT molecular complexity index is 558. The summed E-state index contributed by atoms with van der Waals surface area (Å²) < 4.78 is 10.6. The fraction of sp³-hybridized carbons (Fsp3) is 0.529. The third-order valence-corrected chi connectivity index (χ3v) is 3.57. The summed E-state index contributed by atoms with van der Waals surface area (Å²) in [6.07, 6.45) is 0. The molecule has 6 nitrogen and oxygen atoms in total. The zero-order valence-corrected chi connectivity index (χ0v) is 14.6. The lowest BCUT2D eigenvalue weighted by atomic mass is 10.0. The van der Waals surface area contributed by atoms with Crippen LogP contribution in [0, 0.1) is 5.92 Å². The highest BCUT2D eigenvalue weighted by atomic mass is 16.5. The molecule has 128 valence electrons. The van der Waals surface area contributed by atoms with Crippen molar-refractivity contribution < 1.29 is 19.1 Å². The second kappa shape index (κ2) is 8.41. The molecule has 0 saturated carbocycles. The molecular formula is C17H26N2O4. The van der Waals surface area contributed by atoms with Gasteiger partial charge in [-0.3, -0.25) is 9.59 Å². The highest BCUT2D eigenvalue weighted by molar-refractivity contribution is 5.87. The van der Waals surface area contributed by atoms with Crippen molar-refractivity contribution in [1.82, 2.24) is 10.6 Å². The minimum absolute atomic E-state index is 0.0155. The monoisotopic (exact) mass is 322 g/mol. The molecule has 1 aromatic carbocycles. The number of hydrogen-bond donors (Lipinski definition) is 2. The van der Waals surface area contributed by atoms with Gasteiger partial charge in [0.15, 0.2) is 0 Å². The molecule has 2 atom stereocenters. The molecule has 0 aromatic heterocycles. The van der Waals surface area contributed by atoms with Gasteiger partial charge in [0.2, 0.25) is 11.8 Å². The largest absolute Gasteiger partial charge is 0.497 e. The quantitative estimate of drug-likeness (QED) is 0.805. The Balaban J connectivity index is 2.95. The molecule has 23 heavy (non-hydrogen) atoms. The van der Waals surface area contributed by atoms with Crippen molar-refractivity contribution in [2.75, 3.05) is 14.2 Å². The fourth-order valence-electron chi connectivity index (χ4n) is 2.31. The molecule has 0 radical (unpaired) electrons. The summed E-state index contributed by atoms with van der Waals surface area (Å²) in [5.41, 5.74) is 0.811. The summed E-state index contributed by atoms with van der Waals surface area (Å²) in [7, 11) is 3.16. The topological polar surface area (TPSA) is 76.7 Å². The second-order valence-corrected chi connectivity index (χ2v) is 5.76. The van der Waals surface area contributed by atoms with Crippen LogP contribution in [0.25, 0.3) is 0 Å². The third-order valence-electron chi connectivity index (χ3n) is 3.57. The Hall–Kier alpha value is -2.24. The maximum Gasteiger partial charge on any atom is 0.243 e. The molecule has 6 heteroatoms. The molecule has 2 amide bonds. The Morgan fingerprint density at radius 3 is 2.17 bits per heavy atom. The number of hydrogen-bond acceptors (Lipinski definition) is 4. The summed E-state index contributed by atoms with van der Waals surface area (Å²) in [5, 5.41) is 5.60. The van der Waals surface area contributed by atoms with Gasteiger partial charge in [-0.1, -0.05) is 13.8 Å². The molecule has 1 rings (SSSR count). The van der Waals surface area contributed by atoms with E-state index in [0.717, 1.165) is 5.56 Å². The van der Waals surface area contributed by atoms with Gasteiger partial charge in [0, 0.05) is 12.5 Å². The SMILES string of the molecule is COc1ccc(OC)c(C(C)NC(=O)C(NC(C)=O)C(C)C)c1. The Morgan fingerprint density at radius 1 is 1.04 bits per heavy atom. The standard InChI is InChI=1S/C17H26N2O4/c1-10(2)16(19-12(4)20)17(21)18-11(3)14-9-13(22-5)7-8-15(14)23-6/h7-11,16H,1-6H3,(H,18,21)(H,19,20). The van der Waals surface area contributed by atoms with Crippen molar-refractivity contribution in [1.29, 1.82) is 0 Å².